The lowest BCUT2D eigenvalue weighted by Crippen LogP contribution is -1.99. The Hall–Kier alpha value is -1.88. The van der Waals surface area contributed by atoms with Crippen LogP contribution >= 0.6 is 11.6 Å². The summed E-state index contributed by atoms with van der Waals surface area (Å²) in [5.41, 5.74) is 6.09. The molecule has 0 aliphatic heterocycles. The average molecular weight is 239 g/mol. The molecule has 1 aromatic carbocycles. The van der Waals surface area contributed by atoms with E-state index in [0.717, 1.165) is 0 Å². The van der Waals surface area contributed by atoms with Crippen LogP contribution < -0.4 is 11.1 Å². The van der Waals surface area contributed by atoms with E-state index < -0.39 is 5.82 Å². The highest BCUT2D eigenvalue weighted by Crippen LogP contribution is 2.23. The largest absolute Gasteiger partial charge is 0.396 e. The van der Waals surface area contributed by atoms with E-state index in [0.29, 0.717) is 5.69 Å². The molecule has 0 aliphatic carbocycles. The molecule has 0 spiro atoms. The van der Waals surface area contributed by atoms with E-state index in [4.69, 9.17) is 17.3 Å². The molecule has 2 aromatic rings. The normalized spacial score (nSPS) is 10.1. The van der Waals surface area contributed by atoms with Crippen LogP contribution in [0.3, 0.4) is 0 Å². The van der Waals surface area contributed by atoms with Gasteiger partial charge in [0.15, 0.2) is 5.82 Å². The molecule has 0 saturated heterocycles. The number of benzene rings is 1. The van der Waals surface area contributed by atoms with Gasteiger partial charge in [0, 0.05) is 0 Å². The van der Waals surface area contributed by atoms with Crippen molar-refractivity contribution < 1.29 is 4.39 Å². The van der Waals surface area contributed by atoms with Gasteiger partial charge in [-0.2, -0.15) is 0 Å². The third-order valence-corrected chi connectivity index (χ3v) is 2.16. The number of hydrogen-bond donors (Lipinski definition) is 2. The Morgan fingerprint density at radius 2 is 1.94 bits per heavy atom. The zero-order chi connectivity index (χ0) is 11.5. The predicted molar refractivity (Wildman–Crippen MR) is 61.1 cm³/mol. The molecule has 0 fully saturated rings. The first-order valence-corrected chi connectivity index (χ1v) is 4.83. The van der Waals surface area contributed by atoms with E-state index in [1.165, 1.54) is 18.5 Å². The van der Waals surface area contributed by atoms with Crippen molar-refractivity contribution >= 4 is 28.9 Å². The van der Waals surface area contributed by atoms with Crippen molar-refractivity contribution in [3.8, 4) is 0 Å². The van der Waals surface area contributed by atoms with Gasteiger partial charge in [-0.05, 0) is 12.1 Å². The van der Waals surface area contributed by atoms with Crippen molar-refractivity contribution in [2.75, 3.05) is 11.1 Å². The predicted octanol–water partition coefficient (Wildman–Crippen LogP) is 2.59. The lowest BCUT2D eigenvalue weighted by molar-refractivity contribution is 0.632. The van der Waals surface area contributed by atoms with E-state index in [1.807, 2.05) is 0 Å². The van der Waals surface area contributed by atoms with E-state index in [1.54, 1.807) is 12.1 Å². The van der Waals surface area contributed by atoms with Crippen LogP contribution in [-0.2, 0) is 0 Å². The summed E-state index contributed by atoms with van der Waals surface area (Å²) in [6.07, 6.45) is 2.86. The Balaban J connectivity index is 2.27. The van der Waals surface area contributed by atoms with Crippen molar-refractivity contribution in [3.05, 3.63) is 41.4 Å². The third-order valence-electron chi connectivity index (χ3n) is 1.87. The molecule has 4 nitrogen and oxygen atoms in total. The Labute approximate surface area is 96.3 Å². The lowest BCUT2D eigenvalue weighted by Gasteiger charge is -2.06. The van der Waals surface area contributed by atoms with Gasteiger partial charge in [0.05, 0.1) is 28.8 Å². The minimum absolute atomic E-state index is 0.0421. The van der Waals surface area contributed by atoms with Crippen LogP contribution in [0, 0.1) is 5.82 Å². The summed E-state index contributed by atoms with van der Waals surface area (Å²) >= 11 is 5.63. The molecule has 6 heteroatoms. The van der Waals surface area contributed by atoms with Crippen LogP contribution in [0.5, 0.6) is 0 Å². The van der Waals surface area contributed by atoms with Crippen LogP contribution in [0.25, 0.3) is 0 Å². The number of nitrogens with zero attached hydrogens (tertiary/aromatic N) is 2. The Kier molecular flexibility index (Phi) is 2.87. The summed E-state index contributed by atoms with van der Waals surface area (Å²) in [5, 5.41) is 2.75. The van der Waals surface area contributed by atoms with Gasteiger partial charge in [-0.3, -0.25) is 0 Å². The van der Waals surface area contributed by atoms with Crippen molar-refractivity contribution in [2.24, 2.45) is 0 Å². The van der Waals surface area contributed by atoms with Crippen LogP contribution in [0.4, 0.5) is 21.7 Å². The highest BCUT2D eigenvalue weighted by Gasteiger charge is 2.06. The van der Waals surface area contributed by atoms with E-state index in [2.05, 4.69) is 15.3 Å². The summed E-state index contributed by atoms with van der Waals surface area (Å²) in [5.74, 6) is -0.278. The van der Waals surface area contributed by atoms with Gasteiger partial charge in [0.2, 0.25) is 5.95 Å². The molecule has 0 atom stereocenters. The smallest absolute Gasteiger partial charge is 0.227 e. The Morgan fingerprint density at radius 3 is 2.62 bits per heavy atom. The molecule has 0 radical (unpaired) electrons. The van der Waals surface area contributed by atoms with Crippen LogP contribution in [0.15, 0.2) is 30.6 Å². The Bertz CT molecular complexity index is 501. The lowest BCUT2D eigenvalue weighted by atomic mass is 10.3. The fourth-order valence-corrected chi connectivity index (χ4v) is 1.30. The van der Waals surface area contributed by atoms with Gasteiger partial charge in [-0.1, -0.05) is 17.7 Å². The molecule has 16 heavy (non-hydrogen) atoms. The standard InChI is InChI=1S/C10H8ClFN4/c11-7-2-1-3-8(9(7)12)16-10-14-4-6(13)5-15-10/h1-5H,13H2,(H,14,15,16). The molecule has 2 rings (SSSR count). The zero-order valence-electron chi connectivity index (χ0n) is 8.11. The second-order valence-electron chi connectivity index (χ2n) is 3.07. The maximum absolute atomic E-state index is 13.5. The molecule has 0 aliphatic rings. The highest BCUT2D eigenvalue weighted by molar-refractivity contribution is 6.31. The van der Waals surface area contributed by atoms with Crippen molar-refractivity contribution in [2.45, 2.75) is 0 Å². The second-order valence-corrected chi connectivity index (χ2v) is 3.47. The SMILES string of the molecule is Nc1cnc(Nc2cccc(Cl)c2F)nc1. The van der Waals surface area contributed by atoms with Crippen molar-refractivity contribution in [1.29, 1.82) is 0 Å². The molecule has 0 saturated carbocycles. The number of hydrogen-bond acceptors (Lipinski definition) is 4. The molecule has 3 N–H and O–H groups in total. The zero-order valence-corrected chi connectivity index (χ0v) is 8.87. The van der Waals surface area contributed by atoms with Gasteiger partial charge in [-0.15, -0.1) is 0 Å². The van der Waals surface area contributed by atoms with Crippen LogP contribution in [0.2, 0.25) is 5.02 Å². The quantitative estimate of drug-likeness (QED) is 0.844. The first kappa shape index (κ1) is 10.6. The first-order chi connectivity index (χ1) is 7.66. The number of nitrogens with two attached hydrogens (primary N) is 1. The topological polar surface area (TPSA) is 63.8 Å². The number of nitrogen functional groups attached to an aromatic ring is 1. The fourth-order valence-electron chi connectivity index (χ4n) is 1.12. The summed E-state index contributed by atoms with van der Waals surface area (Å²) in [6, 6.07) is 4.64. The maximum Gasteiger partial charge on any atom is 0.227 e. The van der Waals surface area contributed by atoms with Crippen LogP contribution in [-0.4, -0.2) is 9.97 Å². The second kappa shape index (κ2) is 4.32. The molecular formula is C10H8ClFN4. The minimum atomic E-state index is -0.537. The molecule has 0 amide bonds. The summed E-state index contributed by atoms with van der Waals surface area (Å²) in [6.45, 7) is 0. The first-order valence-electron chi connectivity index (χ1n) is 4.45. The van der Waals surface area contributed by atoms with Gasteiger partial charge in [0.25, 0.3) is 0 Å². The monoisotopic (exact) mass is 238 g/mol. The number of anilines is 3. The maximum atomic E-state index is 13.5. The fraction of sp³-hybridized carbons (Fsp3) is 0. The van der Waals surface area contributed by atoms with Crippen molar-refractivity contribution in [3.63, 3.8) is 0 Å². The number of aromatic nitrogens is 2. The average Bonchev–Trinajstić information content (AvgIpc) is 2.28. The van der Waals surface area contributed by atoms with E-state index >= 15 is 0 Å². The minimum Gasteiger partial charge on any atom is -0.396 e. The van der Waals surface area contributed by atoms with E-state index in [-0.39, 0.29) is 16.7 Å². The summed E-state index contributed by atoms with van der Waals surface area (Å²) in [7, 11) is 0. The van der Waals surface area contributed by atoms with Gasteiger partial charge >= 0.3 is 0 Å². The van der Waals surface area contributed by atoms with Gasteiger partial charge < -0.3 is 11.1 Å². The molecule has 1 heterocycles. The number of nitrogens with one attached hydrogen (secondary N) is 1. The number of halogens is 2. The van der Waals surface area contributed by atoms with Crippen molar-refractivity contribution in [1.82, 2.24) is 9.97 Å². The van der Waals surface area contributed by atoms with Gasteiger partial charge in [-0.25, -0.2) is 14.4 Å². The number of rotatable bonds is 2. The molecular weight excluding hydrogens is 231 g/mol. The third kappa shape index (κ3) is 2.20. The molecule has 82 valence electrons. The highest BCUT2D eigenvalue weighted by atomic mass is 35.5. The molecule has 1 aromatic heterocycles. The Morgan fingerprint density at radius 1 is 1.25 bits per heavy atom. The molecule has 0 unspecified atom stereocenters. The summed E-state index contributed by atoms with van der Waals surface area (Å²) in [4.78, 5) is 7.77. The van der Waals surface area contributed by atoms with E-state index in [9.17, 15) is 4.39 Å². The molecule has 0 bridgehead atoms. The van der Waals surface area contributed by atoms with Gasteiger partial charge in [0.1, 0.15) is 0 Å². The summed E-state index contributed by atoms with van der Waals surface area (Å²) < 4.78 is 13.5. The van der Waals surface area contributed by atoms with Crippen LogP contribution in [0.1, 0.15) is 0 Å².